The lowest BCUT2D eigenvalue weighted by molar-refractivity contribution is -0.124. The smallest absolute Gasteiger partial charge is 0.273 e. The van der Waals surface area contributed by atoms with Crippen molar-refractivity contribution in [3.05, 3.63) is 45.0 Å². The maximum absolute atomic E-state index is 12.8. The number of hydrogen-bond donors (Lipinski definition) is 3. The summed E-state index contributed by atoms with van der Waals surface area (Å²) in [5.74, 6) is -1.20. The summed E-state index contributed by atoms with van der Waals surface area (Å²) in [4.78, 5) is 48.8. The number of aliphatic hydroxyl groups excluding tert-OH is 1. The number of rotatable bonds is 5. The van der Waals surface area contributed by atoms with Crippen molar-refractivity contribution in [2.24, 2.45) is 11.7 Å². The largest absolute Gasteiger partial charge is 0.389 e. The Morgan fingerprint density at radius 3 is 2.43 bits per heavy atom. The van der Waals surface area contributed by atoms with Crippen LogP contribution in [0.5, 0.6) is 0 Å². The minimum atomic E-state index is -1.02. The summed E-state index contributed by atoms with van der Waals surface area (Å²) in [6.07, 6.45) is -0.307. The first kappa shape index (κ1) is 19.8. The number of nitrogens with two attached hydrogens (primary N) is 1. The first-order valence-corrected chi connectivity index (χ1v) is 9.29. The summed E-state index contributed by atoms with van der Waals surface area (Å²) in [5.41, 5.74) is 4.54. The van der Waals surface area contributed by atoms with Crippen molar-refractivity contribution in [2.75, 3.05) is 0 Å². The number of nitrogens with one attached hydrogen (secondary N) is 1. The van der Waals surface area contributed by atoms with Crippen LogP contribution in [0.2, 0.25) is 0 Å². The molecule has 3 atom stereocenters. The fraction of sp³-hybridized carbons (Fsp3) is 0.474. The van der Waals surface area contributed by atoms with Gasteiger partial charge in [0.25, 0.3) is 11.1 Å². The Bertz CT molecular complexity index is 1030. The van der Waals surface area contributed by atoms with Gasteiger partial charge >= 0.3 is 0 Å². The minimum absolute atomic E-state index is 0.0957. The van der Waals surface area contributed by atoms with Gasteiger partial charge in [-0.25, -0.2) is 9.36 Å². The first-order valence-electron chi connectivity index (χ1n) is 9.29. The predicted molar refractivity (Wildman–Crippen MR) is 103 cm³/mol. The van der Waals surface area contributed by atoms with Gasteiger partial charge in [-0.1, -0.05) is 19.1 Å². The molecule has 28 heavy (non-hydrogen) atoms. The number of aromatic nitrogens is 2. The number of amides is 2. The van der Waals surface area contributed by atoms with E-state index in [1.54, 1.807) is 31.2 Å². The van der Waals surface area contributed by atoms with Crippen LogP contribution in [0.1, 0.15) is 26.2 Å². The SMILES string of the molecule is CC(CCC(=O)NC1CCn2c(=O)c3ccccc3c(=O)n2C[C@@H]1O)C(N)=O. The van der Waals surface area contributed by atoms with Gasteiger partial charge in [0.05, 0.1) is 29.5 Å². The number of aliphatic hydroxyl groups is 1. The monoisotopic (exact) mass is 388 g/mol. The third-order valence-electron chi connectivity index (χ3n) is 5.26. The maximum atomic E-state index is 12.8. The molecule has 0 radical (unpaired) electrons. The lowest BCUT2D eigenvalue weighted by atomic mass is 10.0. The third kappa shape index (κ3) is 3.84. The maximum Gasteiger partial charge on any atom is 0.273 e. The second-order valence-corrected chi connectivity index (χ2v) is 7.23. The van der Waals surface area contributed by atoms with Crippen LogP contribution in [0.3, 0.4) is 0 Å². The van der Waals surface area contributed by atoms with Crippen molar-refractivity contribution >= 4 is 22.6 Å². The molecule has 1 aliphatic heterocycles. The quantitative estimate of drug-likeness (QED) is 0.623. The molecule has 0 saturated carbocycles. The molecule has 1 aromatic carbocycles. The molecule has 0 fully saturated rings. The Hall–Kier alpha value is -2.94. The highest BCUT2D eigenvalue weighted by atomic mass is 16.3. The lowest BCUT2D eigenvalue weighted by Crippen LogP contribution is -2.45. The van der Waals surface area contributed by atoms with E-state index in [4.69, 9.17) is 5.73 Å². The molecular formula is C19H24N4O5. The molecule has 9 heteroatoms. The van der Waals surface area contributed by atoms with Gasteiger partial charge in [-0.15, -0.1) is 0 Å². The van der Waals surface area contributed by atoms with Gasteiger partial charge in [0.1, 0.15) is 0 Å². The zero-order valence-electron chi connectivity index (χ0n) is 15.6. The Morgan fingerprint density at radius 2 is 1.82 bits per heavy atom. The van der Waals surface area contributed by atoms with Crippen LogP contribution in [-0.2, 0) is 22.7 Å². The van der Waals surface area contributed by atoms with Crippen molar-refractivity contribution in [1.29, 1.82) is 0 Å². The van der Waals surface area contributed by atoms with Crippen molar-refractivity contribution in [3.8, 4) is 0 Å². The van der Waals surface area contributed by atoms with E-state index in [9.17, 15) is 24.3 Å². The molecule has 150 valence electrons. The molecule has 1 aromatic heterocycles. The Balaban J connectivity index is 1.79. The summed E-state index contributed by atoms with van der Waals surface area (Å²) in [5, 5.41) is 13.9. The summed E-state index contributed by atoms with van der Waals surface area (Å²) in [7, 11) is 0. The number of carbonyl (C=O) groups is 2. The van der Waals surface area contributed by atoms with Gasteiger partial charge < -0.3 is 16.2 Å². The van der Waals surface area contributed by atoms with E-state index in [0.29, 0.717) is 23.6 Å². The molecule has 2 unspecified atom stereocenters. The molecule has 0 spiro atoms. The number of primary amides is 1. The zero-order valence-corrected chi connectivity index (χ0v) is 15.6. The van der Waals surface area contributed by atoms with Crippen molar-refractivity contribution in [1.82, 2.24) is 14.7 Å². The first-order chi connectivity index (χ1) is 13.3. The standard InChI is InChI=1S/C19H24N4O5/c1-11(17(20)26)6-7-16(25)21-14-8-9-22-18(27)12-4-2-3-5-13(12)19(28)23(22)10-15(14)24/h2-5,11,14-15,24H,6-10H2,1H3,(H2,20,26)(H,21,25)/t11?,14?,15-/m0/s1. The molecule has 4 N–H and O–H groups in total. The van der Waals surface area contributed by atoms with Crippen LogP contribution in [0, 0.1) is 5.92 Å². The zero-order chi connectivity index (χ0) is 20.4. The number of fused-ring (bicyclic) bond motifs is 2. The molecule has 2 aromatic rings. The number of carbonyl (C=O) groups excluding carboxylic acids is 2. The van der Waals surface area contributed by atoms with Crippen LogP contribution < -0.4 is 22.2 Å². The normalized spacial score (nSPS) is 20.2. The molecule has 0 aliphatic carbocycles. The van der Waals surface area contributed by atoms with E-state index in [2.05, 4.69) is 5.32 Å². The van der Waals surface area contributed by atoms with Gasteiger partial charge in [-0.05, 0) is 25.0 Å². The molecule has 2 heterocycles. The topological polar surface area (TPSA) is 136 Å². The van der Waals surface area contributed by atoms with Crippen LogP contribution in [-0.4, -0.2) is 38.4 Å². The minimum Gasteiger partial charge on any atom is -0.389 e. The van der Waals surface area contributed by atoms with E-state index >= 15 is 0 Å². The van der Waals surface area contributed by atoms with E-state index < -0.39 is 24.0 Å². The highest BCUT2D eigenvalue weighted by molar-refractivity contribution is 5.80. The van der Waals surface area contributed by atoms with Crippen LogP contribution >= 0.6 is 0 Å². The summed E-state index contributed by atoms with van der Waals surface area (Å²) in [6, 6.07) is 5.97. The van der Waals surface area contributed by atoms with Crippen LogP contribution in [0.15, 0.2) is 33.9 Å². The summed E-state index contributed by atoms with van der Waals surface area (Å²) < 4.78 is 2.58. The molecule has 3 rings (SSSR count). The van der Waals surface area contributed by atoms with Crippen LogP contribution in [0.4, 0.5) is 0 Å². The average molecular weight is 388 g/mol. The molecule has 0 saturated heterocycles. The van der Waals surface area contributed by atoms with Gasteiger partial charge in [-0.2, -0.15) is 0 Å². The van der Waals surface area contributed by atoms with Crippen LogP contribution in [0.25, 0.3) is 10.8 Å². The molecular weight excluding hydrogens is 364 g/mol. The summed E-state index contributed by atoms with van der Waals surface area (Å²) in [6.45, 7) is 1.75. The van der Waals surface area contributed by atoms with Crippen molar-refractivity contribution < 1.29 is 14.7 Å². The molecule has 0 bridgehead atoms. The van der Waals surface area contributed by atoms with E-state index in [1.165, 1.54) is 9.36 Å². The highest BCUT2D eigenvalue weighted by Gasteiger charge is 2.28. The highest BCUT2D eigenvalue weighted by Crippen LogP contribution is 2.12. The van der Waals surface area contributed by atoms with Gasteiger partial charge in [0, 0.05) is 18.9 Å². The average Bonchev–Trinajstić information content (AvgIpc) is 2.83. The summed E-state index contributed by atoms with van der Waals surface area (Å²) >= 11 is 0. The Labute approximate surface area is 160 Å². The molecule has 1 aliphatic rings. The van der Waals surface area contributed by atoms with Gasteiger partial charge in [0.2, 0.25) is 11.8 Å². The van der Waals surface area contributed by atoms with Gasteiger partial charge in [-0.3, -0.25) is 19.2 Å². The third-order valence-corrected chi connectivity index (χ3v) is 5.26. The van der Waals surface area contributed by atoms with E-state index in [0.717, 1.165) is 0 Å². The van der Waals surface area contributed by atoms with Crippen molar-refractivity contribution in [2.45, 2.75) is 51.4 Å². The van der Waals surface area contributed by atoms with Gasteiger partial charge in [0.15, 0.2) is 0 Å². The number of benzene rings is 1. The molecule has 9 nitrogen and oxygen atoms in total. The van der Waals surface area contributed by atoms with E-state index in [-0.39, 0.29) is 36.5 Å². The second-order valence-electron chi connectivity index (χ2n) is 7.23. The fourth-order valence-corrected chi connectivity index (χ4v) is 3.45. The van der Waals surface area contributed by atoms with Crippen molar-refractivity contribution in [3.63, 3.8) is 0 Å². The number of hydrogen-bond acceptors (Lipinski definition) is 5. The van der Waals surface area contributed by atoms with E-state index in [1.807, 2.05) is 0 Å². The Morgan fingerprint density at radius 1 is 1.21 bits per heavy atom. The lowest BCUT2D eigenvalue weighted by Gasteiger charge is -2.21. The number of nitrogens with zero attached hydrogens (tertiary/aromatic N) is 2. The predicted octanol–water partition coefficient (Wildman–Crippen LogP) is -0.686. The second kappa shape index (κ2) is 7.97. The Kier molecular flexibility index (Phi) is 5.64. The molecule has 2 amide bonds. The fourth-order valence-electron chi connectivity index (χ4n) is 3.45.